The van der Waals surface area contributed by atoms with Gasteiger partial charge in [0.1, 0.15) is 6.20 Å². The number of fused-ring (bicyclic) bond motifs is 1. The van der Waals surface area contributed by atoms with Crippen molar-refractivity contribution in [2.45, 2.75) is 0 Å². The Morgan fingerprint density at radius 1 is 1.00 bits per heavy atom. The third-order valence-corrected chi connectivity index (χ3v) is 2.94. The molecule has 0 atom stereocenters. The van der Waals surface area contributed by atoms with E-state index < -0.39 is 5.91 Å². The van der Waals surface area contributed by atoms with E-state index in [4.69, 9.17) is 0 Å². The zero-order chi connectivity index (χ0) is 13.9. The molecule has 0 aliphatic heterocycles. The Morgan fingerprint density at radius 2 is 1.85 bits per heavy atom. The first kappa shape index (κ1) is 12.1. The van der Waals surface area contributed by atoms with Crippen LogP contribution in [0.25, 0.3) is 10.8 Å². The highest BCUT2D eigenvalue weighted by Crippen LogP contribution is 2.23. The summed E-state index contributed by atoms with van der Waals surface area (Å²) in [5.41, 5.74) is 0.234. The van der Waals surface area contributed by atoms with Crippen molar-refractivity contribution in [1.82, 2.24) is 9.97 Å². The molecule has 0 saturated heterocycles. The highest BCUT2D eigenvalue weighted by atomic mass is 16.3. The van der Waals surface area contributed by atoms with Crippen molar-refractivity contribution in [3.63, 3.8) is 0 Å². The molecular weight excluding hydrogens is 254 g/mol. The second-order valence-electron chi connectivity index (χ2n) is 4.20. The Kier molecular flexibility index (Phi) is 3.01. The normalized spacial score (nSPS) is 10.4. The molecule has 3 aromatic rings. The van der Waals surface area contributed by atoms with E-state index in [-0.39, 0.29) is 11.4 Å². The Hall–Kier alpha value is -2.95. The molecule has 96 valence electrons. The summed E-state index contributed by atoms with van der Waals surface area (Å²) in [4.78, 5) is 32.2. The van der Waals surface area contributed by atoms with E-state index >= 15 is 0 Å². The van der Waals surface area contributed by atoms with Crippen molar-refractivity contribution in [1.29, 1.82) is 0 Å². The maximum Gasteiger partial charge on any atom is 0.387 e. The molecule has 5 nitrogen and oxygen atoms in total. The lowest BCUT2D eigenvalue weighted by Gasteiger charge is -1.98. The highest BCUT2D eigenvalue weighted by molar-refractivity contribution is 5.93. The number of hydrogen-bond donors (Lipinski definition) is 0. The standard InChI is InChI=1S/C15H10N3O2/c19-15(12-5-3-8-16-10-12)18(20)14-13-6-2-1-4-11(13)7-9-17-14/h1-10H/q+1. The lowest BCUT2D eigenvalue weighted by Crippen LogP contribution is -2.14. The third-order valence-electron chi connectivity index (χ3n) is 2.94. The molecule has 0 radical (unpaired) electrons. The van der Waals surface area contributed by atoms with Crippen LogP contribution < -0.4 is 0 Å². The van der Waals surface area contributed by atoms with Crippen molar-refractivity contribution >= 4 is 22.5 Å². The van der Waals surface area contributed by atoms with Crippen LogP contribution in [0.15, 0.2) is 61.1 Å². The second kappa shape index (κ2) is 4.97. The molecule has 0 unspecified atom stereocenters. The highest BCUT2D eigenvalue weighted by Gasteiger charge is 2.27. The molecule has 5 heteroatoms. The van der Waals surface area contributed by atoms with Crippen molar-refractivity contribution in [3.8, 4) is 0 Å². The van der Waals surface area contributed by atoms with Crippen molar-refractivity contribution in [2.75, 3.05) is 0 Å². The Labute approximate surface area is 114 Å². The summed E-state index contributed by atoms with van der Waals surface area (Å²) in [7, 11) is 0. The first-order valence-electron chi connectivity index (χ1n) is 6.03. The molecule has 0 aliphatic rings. The van der Waals surface area contributed by atoms with Gasteiger partial charge in [-0.25, -0.2) is 4.79 Å². The van der Waals surface area contributed by atoms with Gasteiger partial charge in [-0.1, -0.05) is 23.1 Å². The minimum absolute atomic E-state index is 0.0944. The lowest BCUT2D eigenvalue weighted by molar-refractivity contribution is -0.360. The molecule has 0 fully saturated rings. The van der Waals surface area contributed by atoms with Crippen molar-refractivity contribution in [2.24, 2.45) is 0 Å². The number of rotatable bonds is 2. The maximum absolute atomic E-state index is 12.2. The van der Waals surface area contributed by atoms with Gasteiger partial charge in [-0.15, -0.1) is 0 Å². The minimum atomic E-state index is -0.679. The van der Waals surface area contributed by atoms with Gasteiger partial charge in [0.05, 0.1) is 15.7 Å². The van der Waals surface area contributed by atoms with Crippen LogP contribution in [0.3, 0.4) is 0 Å². The van der Waals surface area contributed by atoms with E-state index in [1.54, 1.807) is 36.5 Å². The molecule has 0 bridgehead atoms. The zero-order valence-corrected chi connectivity index (χ0v) is 10.4. The van der Waals surface area contributed by atoms with Crippen molar-refractivity contribution in [3.05, 3.63) is 71.5 Å². The van der Waals surface area contributed by atoms with E-state index in [1.165, 1.54) is 12.4 Å². The van der Waals surface area contributed by atoms with Gasteiger partial charge in [-0.3, -0.25) is 4.98 Å². The van der Waals surface area contributed by atoms with Gasteiger partial charge >= 0.3 is 11.7 Å². The van der Waals surface area contributed by atoms with E-state index in [9.17, 15) is 9.70 Å². The first-order chi connectivity index (χ1) is 9.77. The van der Waals surface area contributed by atoms with Crippen LogP contribution in [-0.4, -0.2) is 20.6 Å². The summed E-state index contributed by atoms with van der Waals surface area (Å²) in [5, 5.41) is 1.50. The monoisotopic (exact) mass is 264 g/mol. The van der Waals surface area contributed by atoms with Crippen LogP contribution >= 0.6 is 0 Å². The summed E-state index contributed by atoms with van der Waals surface area (Å²) >= 11 is 0. The fraction of sp³-hybridized carbons (Fsp3) is 0. The van der Waals surface area contributed by atoms with E-state index in [0.717, 1.165) is 5.39 Å². The fourth-order valence-corrected chi connectivity index (χ4v) is 1.97. The van der Waals surface area contributed by atoms with Gasteiger partial charge in [0, 0.05) is 12.4 Å². The fourth-order valence-electron chi connectivity index (χ4n) is 1.97. The second-order valence-corrected chi connectivity index (χ2v) is 4.20. The first-order valence-corrected chi connectivity index (χ1v) is 6.03. The summed E-state index contributed by atoms with van der Waals surface area (Å²) in [6.45, 7) is 0. The van der Waals surface area contributed by atoms with Crippen LogP contribution in [0.5, 0.6) is 0 Å². The largest absolute Gasteiger partial charge is 0.387 e. The number of amides is 1. The number of carbonyl (C=O) groups is 1. The molecular formula is C15H10N3O2+. The SMILES string of the molecule is O=C(c1cccnc1)[N+](=O)c1nccc2ccccc12. The predicted octanol–water partition coefficient (Wildman–Crippen LogP) is 2.88. The molecule has 2 heterocycles. The summed E-state index contributed by atoms with van der Waals surface area (Å²) < 4.78 is 0.305. The number of aromatic nitrogens is 2. The van der Waals surface area contributed by atoms with E-state index in [0.29, 0.717) is 10.1 Å². The minimum Gasteiger partial charge on any atom is -0.264 e. The van der Waals surface area contributed by atoms with Gasteiger partial charge in [-0.2, -0.15) is 0 Å². The topological polar surface area (TPSA) is 62.9 Å². The Morgan fingerprint density at radius 3 is 2.65 bits per heavy atom. The zero-order valence-electron chi connectivity index (χ0n) is 10.4. The van der Waals surface area contributed by atoms with Crippen molar-refractivity contribution < 1.29 is 9.55 Å². The van der Waals surface area contributed by atoms with Gasteiger partial charge < -0.3 is 0 Å². The van der Waals surface area contributed by atoms with E-state index in [2.05, 4.69) is 9.97 Å². The lowest BCUT2D eigenvalue weighted by atomic mass is 10.1. The molecule has 0 N–H and O–H groups in total. The maximum atomic E-state index is 12.2. The van der Waals surface area contributed by atoms with E-state index in [1.807, 2.05) is 12.1 Å². The third kappa shape index (κ3) is 2.05. The average Bonchev–Trinajstić information content (AvgIpc) is 2.54. The molecule has 1 aromatic carbocycles. The van der Waals surface area contributed by atoms with Crippen LogP contribution in [0.2, 0.25) is 0 Å². The number of nitrogens with zero attached hydrogens (tertiary/aromatic N) is 3. The number of nitroso groups, excluding NO2 is 1. The molecule has 20 heavy (non-hydrogen) atoms. The molecule has 2 aromatic heterocycles. The number of hydrogen-bond acceptors (Lipinski definition) is 4. The smallest absolute Gasteiger partial charge is 0.264 e. The molecule has 1 amide bonds. The summed E-state index contributed by atoms with van der Waals surface area (Å²) in [5.74, 6) is -0.584. The van der Waals surface area contributed by atoms with Gasteiger partial charge in [0.25, 0.3) is 0 Å². The quantitative estimate of drug-likeness (QED) is 0.668. The summed E-state index contributed by atoms with van der Waals surface area (Å²) in [6, 6.07) is 12.2. The van der Waals surface area contributed by atoms with Gasteiger partial charge in [0.2, 0.25) is 0 Å². The van der Waals surface area contributed by atoms with Gasteiger partial charge in [-0.05, 0) is 34.6 Å². The Bertz CT molecular complexity index is 795. The molecule has 0 aliphatic carbocycles. The van der Waals surface area contributed by atoms with Crippen LogP contribution in [0, 0.1) is 4.91 Å². The van der Waals surface area contributed by atoms with Gasteiger partial charge in [0.15, 0.2) is 0 Å². The molecule has 3 rings (SSSR count). The number of benzene rings is 1. The Balaban J connectivity index is 2.08. The number of pyridine rings is 2. The molecule has 0 saturated carbocycles. The van der Waals surface area contributed by atoms with Crippen LogP contribution in [0.1, 0.15) is 10.4 Å². The van der Waals surface area contributed by atoms with Crippen LogP contribution in [0.4, 0.5) is 5.82 Å². The molecule has 0 spiro atoms. The average molecular weight is 264 g/mol. The predicted molar refractivity (Wildman–Crippen MR) is 73.6 cm³/mol. The van der Waals surface area contributed by atoms with Crippen LogP contribution in [-0.2, 0) is 0 Å². The number of carbonyl (C=O) groups excluding carboxylic acids is 1. The summed E-state index contributed by atoms with van der Waals surface area (Å²) in [6.07, 6.45) is 4.42.